The standard InChI is InChI=1S/C16H18Cl2N4O2/c1-10(23)19-6-3-7-20-16(24)14-9-15(22(2)21-14)11-4-5-12(17)13(18)8-11/h4-5,8-9H,3,6-7H2,1-2H3,(H,19,23)(H,20,24). The van der Waals surface area contributed by atoms with E-state index in [4.69, 9.17) is 23.2 Å². The van der Waals surface area contributed by atoms with E-state index < -0.39 is 0 Å². The molecule has 0 aliphatic carbocycles. The largest absolute Gasteiger partial charge is 0.356 e. The lowest BCUT2D eigenvalue weighted by molar-refractivity contribution is -0.118. The van der Waals surface area contributed by atoms with Crippen LogP contribution in [-0.2, 0) is 11.8 Å². The molecule has 0 saturated heterocycles. The molecule has 0 fully saturated rings. The van der Waals surface area contributed by atoms with Gasteiger partial charge in [-0.05, 0) is 24.6 Å². The minimum atomic E-state index is -0.264. The molecule has 1 aromatic carbocycles. The summed E-state index contributed by atoms with van der Waals surface area (Å²) in [5.41, 5.74) is 1.90. The first-order chi connectivity index (χ1) is 11.4. The van der Waals surface area contributed by atoms with Crippen molar-refractivity contribution in [2.45, 2.75) is 13.3 Å². The summed E-state index contributed by atoms with van der Waals surface area (Å²) in [6, 6.07) is 6.95. The molecule has 8 heteroatoms. The van der Waals surface area contributed by atoms with Crippen LogP contribution in [0.2, 0.25) is 10.0 Å². The van der Waals surface area contributed by atoms with Crippen molar-refractivity contribution in [2.24, 2.45) is 7.05 Å². The van der Waals surface area contributed by atoms with Crippen molar-refractivity contribution in [1.29, 1.82) is 0 Å². The maximum atomic E-state index is 12.1. The normalized spacial score (nSPS) is 10.5. The van der Waals surface area contributed by atoms with Crippen LogP contribution in [0.3, 0.4) is 0 Å². The van der Waals surface area contributed by atoms with E-state index >= 15 is 0 Å². The molecular formula is C16H18Cl2N4O2. The highest BCUT2D eigenvalue weighted by Crippen LogP contribution is 2.28. The van der Waals surface area contributed by atoms with Gasteiger partial charge in [-0.1, -0.05) is 29.3 Å². The summed E-state index contributed by atoms with van der Waals surface area (Å²) >= 11 is 12.0. The number of aromatic nitrogens is 2. The van der Waals surface area contributed by atoms with E-state index in [9.17, 15) is 9.59 Å². The third-order valence-electron chi connectivity index (χ3n) is 3.34. The SMILES string of the molecule is CC(=O)NCCCNC(=O)c1cc(-c2ccc(Cl)c(Cl)c2)n(C)n1. The third-order valence-corrected chi connectivity index (χ3v) is 4.08. The van der Waals surface area contributed by atoms with Gasteiger partial charge in [0.05, 0.1) is 15.7 Å². The minimum absolute atomic E-state index is 0.0858. The fourth-order valence-electron chi connectivity index (χ4n) is 2.15. The maximum absolute atomic E-state index is 12.1. The third kappa shape index (κ3) is 4.72. The first-order valence-electron chi connectivity index (χ1n) is 7.40. The fraction of sp³-hybridized carbons (Fsp3) is 0.312. The van der Waals surface area contributed by atoms with Gasteiger partial charge in [-0.2, -0.15) is 5.10 Å². The molecule has 0 radical (unpaired) electrons. The van der Waals surface area contributed by atoms with Gasteiger partial charge >= 0.3 is 0 Å². The van der Waals surface area contributed by atoms with Gasteiger partial charge in [-0.25, -0.2) is 0 Å². The first kappa shape index (κ1) is 18.3. The van der Waals surface area contributed by atoms with Gasteiger partial charge in [0.15, 0.2) is 5.69 Å². The monoisotopic (exact) mass is 368 g/mol. The van der Waals surface area contributed by atoms with Crippen molar-refractivity contribution in [3.8, 4) is 11.3 Å². The van der Waals surface area contributed by atoms with E-state index in [0.717, 1.165) is 11.3 Å². The van der Waals surface area contributed by atoms with Gasteiger partial charge in [-0.15, -0.1) is 0 Å². The zero-order chi connectivity index (χ0) is 17.7. The highest BCUT2D eigenvalue weighted by molar-refractivity contribution is 6.42. The molecule has 2 N–H and O–H groups in total. The number of nitrogens with zero attached hydrogens (tertiary/aromatic N) is 2. The average molecular weight is 369 g/mol. The molecule has 2 aromatic rings. The van der Waals surface area contributed by atoms with Crippen molar-refractivity contribution in [3.63, 3.8) is 0 Å². The summed E-state index contributed by atoms with van der Waals surface area (Å²) in [4.78, 5) is 22.9. The predicted octanol–water partition coefficient (Wildman–Crippen LogP) is 2.65. The number of amides is 2. The number of nitrogens with one attached hydrogen (secondary N) is 2. The number of aryl methyl sites for hydroxylation is 1. The number of carbonyl (C=O) groups is 2. The van der Waals surface area contributed by atoms with Gasteiger partial charge < -0.3 is 10.6 Å². The summed E-state index contributed by atoms with van der Waals surface area (Å²) in [5.74, 6) is -0.350. The molecule has 0 unspecified atom stereocenters. The lowest BCUT2D eigenvalue weighted by atomic mass is 10.1. The maximum Gasteiger partial charge on any atom is 0.271 e. The van der Waals surface area contributed by atoms with E-state index in [2.05, 4.69) is 15.7 Å². The van der Waals surface area contributed by atoms with Crippen LogP contribution >= 0.6 is 23.2 Å². The zero-order valence-electron chi connectivity index (χ0n) is 13.4. The molecule has 24 heavy (non-hydrogen) atoms. The molecule has 0 atom stereocenters. The number of hydrogen-bond donors (Lipinski definition) is 2. The minimum Gasteiger partial charge on any atom is -0.356 e. The molecule has 2 rings (SSSR count). The topological polar surface area (TPSA) is 76.0 Å². The van der Waals surface area contributed by atoms with Gasteiger partial charge in [0, 0.05) is 32.6 Å². The van der Waals surface area contributed by atoms with Crippen molar-refractivity contribution >= 4 is 35.0 Å². The molecular weight excluding hydrogens is 351 g/mol. The highest BCUT2D eigenvalue weighted by Gasteiger charge is 2.14. The predicted molar refractivity (Wildman–Crippen MR) is 94.3 cm³/mol. The summed E-state index contributed by atoms with van der Waals surface area (Å²) in [7, 11) is 1.76. The Hall–Kier alpha value is -2.05. The Morgan fingerprint density at radius 2 is 1.83 bits per heavy atom. The first-order valence-corrected chi connectivity index (χ1v) is 8.16. The smallest absolute Gasteiger partial charge is 0.271 e. The number of rotatable bonds is 6. The fourth-order valence-corrected chi connectivity index (χ4v) is 2.45. The summed E-state index contributed by atoms with van der Waals surface area (Å²) in [6.45, 7) is 2.43. The van der Waals surface area contributed by atoms with Crippen LogP contribution in [-0.4, -0.2) is 34.7 Å². The summed E-state index contributed by atoms with van der Waals surface area (Å²) in [5, 5.41) is 10.6. The van der Waals surface area contributed by atoms with Crippen molar-refractivity contribution < 1.29 is 9.59 Å². The van der Waals surface area contributed by atoms with Crippen molar-refractivity contribution in [2.75, 3.05) is 13.1 Å². The van der Waals surface area contributed by atoms with Crippen molar-refractivity contribution in [1.82, 2.24) is 20.4 Å². The van der Waals surface area contributed by atoms with Crippen molar-refractivity contribution in [3.05, 3.63) is 40.0 Å². The van der Waals surface area contributed by atoms with Gasteiger partial charge in [0.2, 0.25) is 5.91 Å². The van der Waals surface area contributed by atoms with E-state index in [1.54, 1.807) is 29.9 Å². The van der Waals surface area contributed by atoms with Gasteiger partial charge in [0.25, 0.3) is 5.91 Å². The average Bonchev–Trinajstić information content (AvgIpc) is 2.91. The number of halogens is 2. The van der Waals surface area contributed by atoms with Crippen LogP contribution in [0.1, 0.15) is 23.8 Å². The van der Waals surface area contributed by atoms with E-state index in [-0.39, 0.29) is 11.8 Å². The molecule has 0 bridgehead atoms. The molecule has 6 nitrogen and oxygen atoms in total. The van der Waals surface area contributed by atoms with Crippen LogP contribution < -0.4 is 10.6 Å². The zero-order valence-corrected chi connectivity index (χ0v) is 14.9. The molecule has 2 amide bonds. The second-order valence-electron chi connectivity index (χ2n) is 5.26. The Morgan fingerprint density at radius 3 is 2.50 bits per heavy atom. The van der Waals surface area contributed by atoms with Crippen LogP contribution in [0.25, 0.3) is 11.3 Å². The molecule has 0 spiro atoms. The number of benzene rings is 1. The Kier molecular flexibility index (Phi) is 6.23. The molecule has 128 valence electrons. The lowest BCUT2D eigenvalue weighted by Gasteiger charge is -2.03. The van der Waals surface area contributed by atoms with Crippen LogP contribution in [0.15, 0.2) is 24.3 Å². The van der Waals surface area contributed by atoms with Gasteiger partial charge in [-0.3, -0.25) is 14.3 Å². The Balaban J connectivity index is 2.01. The lowest BCUT2D eigenvalue weighted by Crippen LogP contribution is -2.29. The number of carbonyl (C=O) groups excluding carboxylic acids is 2. The molecule has 0 aliphatic heterocycles. The highest BCUT2D eigenvalue weighted by atomic mass is 35.5. The second-order valence-corrected chi connectivity index (χ2v) is 6.07. The van der Waals surface area contributed by atoms with Crippen LogP contribution in [0.4, 0.5) is 0 Å². The van der Waals surface area contributed by atoms with E-state index in [1.807, 2.05) is 6.07 Å². The van der Waals surface area contributed by atoms with Crippen LogP contribution in [0, 0.1) is 0 Å². The van der Waals surface area contributed by atoms with E-state index in [0.29, 0.717) is 35.2 Å². The number of hydrogen-bond acceptors (Lipinski definition) is 3. The van der Waals surface area contributed by atoms with Crippen LogP contribution in [0.5, 0.6) is 0 Å². The quantitative estimate of drug-likeness (QED) is 0.769. The van der Waals surface area contributed by atoms with E-state index in [1.165, 1.54) is 6.92 Å². The summed E-state index contributed by atoms with van der Waals surface area (Å²) in [6.07, 6.45) is 0.651. The molecule has 1 aromatic heterocycles. The molecule has 0 aliphatic rings. The second kappa shape index (κ2) is 8.17. The molecule has 1 heterocycles. The Morgan fingerprint density at radius 1 is 1.12 bits per heavy atom. The summed E-state index contributed by atoms with van der Waals surface area (Å²) < 4.78 is 1.62. The Labute approximate surface area is 150 Å². The van der Waals surface area contributed by atoms with Gasteiger partial charge in [0.1, 0.15) is 0 Å². The molecule has 0 saturated carbocycles. The Bertz CT molecular complexity index is 759.